The number of hydrogen-bond donors (Lipinski definition) is 1. The summed E-state index contributed by atoms with van der Waals surface area (Å²) in [6.07, 6.45) is 1.02. The highest BCUT2D eigenvalue weighted by molar-refractivity contribution is 5.76. The molecule has 0 aliphatic carbocycles. The smallest absolute Gasteiger partial charge is 0.220 e. The minimum absolute atomic E-state index is 0.0430. The van der Waals surface area contributed by atoms with Crippen LogP contribution in [-0.2, 0) is 16.8 Å². The molecular formula is C24H33NO5. The number of hydrogen-bond acceptors (Lipinski definition) is 5. The van der Waals surface area contributed by atoms with E-state index in [0.29, 0.717) is 43.2 Å². The number of ether oxygens (including phenoxy) is 4. The minimum atomic E-state index is -0.0430. The van der Waals surface area contributed by atoms with E-state index in [1.54, 1.807) is 27.4 Å². The molecule has 0 saturated carbocycles. The fourth-order valence-electron chi connectivity index (χ4n) is 2.99. The number of methoxy groups -OCH3 is 3. The molecule has 0 fully saturated rings. The molecule has 6 nitrogen and oxygen atoms in total. The third kappa shape index (κ3) is 6.58. The summed E-state index contributed by atoms with van der Waals surface area (Å²) in [7, 11) is 4.72. The maximum absolute atomic E-state index is 12.2. The van der Waals surface area contributed by atoms with Crippen LogP contribution in [0.1, 0.15) is 44.7 Å². The molecule has 0 atom stereocenters. The van der Waals surface area contributed by atoms with Gasteiger partial charge in [0.05, 0.1) is 27.9 Å². The van der Waals surface area contributed by atoms with Gasteiger partial charge in [-0.15, -0.1) is 0 Å². The lowest BCUT2D eigenvalue weighted by molar-refractivity contribution is -0.121. The molecule has 0 spiro atoms. The van der Waals surface area contributed by atoms with Crippen molar-refractivity contribution < 1.29 is 23.7 Å². The Balaban J connectivity index is 1.79. The van der Waals surface area contributed by atoms with Crippen LogP contribution in [0.4, 0.5) is 0 Å². The predicted octanol–water partition coefficient (Wildman–Crippen LogP) is 4.49. The van der Waals surface area contributed by atoms with Crippen molar-refractivity contribution in [2.75, 3.05) is 27.9 Å². The van der Waals surface area contributed by atoms with Crippen LogP contribution >= 0.6 is 0 Å². The Bertz CT molecular complexity index is 825. The summed E-state index contributed by atoms with van der Waals surface area (Å²) < 4.78 is 21.7. The maximum Gasteiger partial charge on any atom is 0.220 e. The first-order chi connectivity index (χ1) is 14.3. The second-order valence-corrected chi connectivity index (χ2v) is 8.02. The molecule has 0 saturated heterocycles. The van der Waals surface area contributed by atoms with Gasteiger partial charge in [-0.05, 0) is 35.6 Å². The van der Waals surface area contributed by atoms with Crippen molar-refractivity contribution >= 4 is 5.91 Å². The van der Waals surface area contributed by atoms with Crippen LogP contribution in [-0.4, -0.2) is 33.8 Å². The molecule has 1 N–H and O–H groups in total. The Morgan fingerprint density at radius 1 is 0.900 bits per heavy atom. The molecule has 6 heteroatoms. The van der Waals surface area contributed by atoms with Gasteiger partial charge in [-0.3, -0.25) is 4.79 Å². The molecule has 2 aromatic rings. The summed E-state index contributed by atoms with van der Waals surface area (Å²) in [5, 5.41) is 2.91. The van der Waals surface area contributed by atoms with Crippen molar-refractivity contribution in [3.8, 4) is 23.0 Å². The lowest BCUT2D eigenvalue weighted by atomic mass is 9.87. The van der Waals surface area contributed by atoms with Gasteiger partial charge >= 0.3 is 0 Å². The van der Waals surface area contributed by atoms with E-state index in [1.807, 2.05) is 18.2 Å². The normalized spacial score (nSPS) is 11.0. The summed E-state index contributed by atoms with van der Waals surface area (Å²) in [5.41, 5.74) is 2.20. The summed E-state index contributed by atoms with van der Waals surface area (Å²) in [6.45, 7) is 7.37. The second kappa shape index (κ2) is 10.8. The molecule has 2 aromatic carbocycles. The lowest BCUT2D eigenvalue weighted by Crippen LogP contribution is -2.23. The predicted molar refractivity (Wildman–Crippen MR) is 118 cm³/mol. The molecule has 30 heavy (non-hydrogen) atoms. The minimum Gasteiger partial charge on any atom is -0.496 e. The largest absolute Gasteiger partial charge is 0.496 e. The molecule has 0 radical (unpaired) electrons. The lowest BCUT2D eigenvalue weighted by Gasteiger charge is -2.19. The molecule has 0 unspecified atom stereocenters. The SMILES string of the molecule is COc1cc(OC)c(OC)cc1CNC(=O)CCCOc1ccc(C(C)(C)C)cc1. The summed E-state index contributed by atoms with van der Waals surface area (Å²) in [4.78, 5) is 12.2. The zero-order chi connectivity index (χ0) is 22.1. The number of carbonyl (C=O) groups is 1. The van der Waals surface area contributed by atoms with Gasteiger partial charge in [-0.2, -0.15) is 0 Å². The third-order valence-corrected chi connectivity index (χ3v) is 4.80. The Morgan fingerprint density at radius 3 is 2.07 bits per heavy atom. The number of rotatable bonds is 10. The first-order valence-corrected chi connectivity index (χ1v) is 10.1. The third-order valence-electron chi connectivity index (χ3n) is 4.80. The van der Waals surface area contributed by atoms with E-state index in [2.05, 4.69) is 38.2 Å². The fraction of sp³-hybridized carbons (Fsp3) is 0.458. The second-order valence-electron chi connectivity index (χ2n) is 8.02. The van der Waals surface area contributed by atoms with Crippen molar-refractivity contribution in [3.05, 3.63) is 47.5 Å². The van der Waals surface area contributed by atoms with Crippen LogP contribution in [0.15, 0.2) is 36.4 Å². The summed E-state index contributed by atoms with van der Waals surface area (Å²) >= 11 is 0. The van der Waals surface area contributed by atoms with Gasteiger partial charge in [-0.1, -0.05) is 32.9 Å². The van der Waals surface area contributed by atoms with Crippen molar-refractivity contribution in [1.29, 1.82) is 0 Å². The zero-order valence-corrected chi connectivity index (χ0v) is 18.8. The summed E-state index contributed by atoms with van der Waals surface area (Å²) in [5.74, 6) is 2.58. The van der Waals surface area contributed by atoms with E-state index in [-0.39, 0.29) is 11.3 Å². The monoisotopic (exact) mass is 415 g/mol. The maximum atomic E-state index is 12.2. The zero-order valence-electron chi connectivity index (χ0n) is 18.8. The molecule has 0 bridgehead atoms. The highest BCUT2D eigenvalue weighted by Gasteiger charge is 2.14. The molecular weight excluding hydrogens is 382 g/mol. The molecule has 0 aliphatic heterocycles. The number of carbonyl (C=O) groups excluding carboxylic acids is 1. The van der Waals surface area contributed by atoms with Gasteiger partial charge in [0.2, 0.25) is 5.91 Å². The molecule has 164 valence electrons. The molecule has 1 amide bonds. The number of amides is 1. The van der Waals surface area contributed by atoms with Crippen molar-refractivity contribution in [3.63, 3.8) is 0 Å². The van der Waals surface area contributed by atoms with Crippen LogP contribution < -0.4 is 24.3 Å². The van der Waals surface area contributed by atoms with E-state index >= 15 is 0 Å². The molecule has 0 aliphatic rings. The molecule has 0 heterocycles. The van der Waals surface area contributed by atoms with Crippen LogP contribution in [0.2, 0.25) is 0 Å². The van der Waals surface area contributed by atoms with E-state index < -0.39 is 0 Å². The van der Waals surface area contributed by atoms with E-state index in [1.165, 1.54) is 5.56 Å². The molecule has 2 rings (SSSR count). The Hall–Kier alpha value is -2.89. The van der Waals surface area contributed by atoms with Gasteiger partial charge in [0.15, 0.2) is 11.5 Å². The average Bonchev–Trinajstić information content (AvgIpc) is 2.74. The van der Waals surface area contributed by atoms with E-state index in [0.717, 1.165) is 11.3 Å². The Labute approximate surface area is 179 Å². The number of benzene rings is 2. The average molecular weight is 416 g/mol. The van der Waals surface area contributed by atoms with Gasteiger partial charge in [0.1, 0.15) is 11.5 Å². The van der Waals surface area contributed by atoms with Gasteiger partial charge in [-0.25, -0.2) is 0 Å². The van der Waals surface area contributed by atoms with Crippen LogP contribution in [0.25, 0.3) is 0 Å². The van der Waals surface area contributed by atoms with Crippen LogP contribution in [0, 0.1) is 0 Å². The standard InChI is InChI=1S/C24H33NO5/c1-24(2,3)18-9-11-19(12-10-18)30-13-7-8-23(26)25-16-17-14-21(28-5)22(29-6)15-20(17)27-4/h9-12,14-15H,7-8,13,16H2,1-6H3,(H,25,26). The molecule has 0 aromatic heterocycles. The van der Waals surface area contributed by atoms with E-state index in [4.69, 9.17) is 18.9 Å². The Kier molecular flexibility index (Phi) is 8.39. The first-order valence-electron chi connectivity index (χ1n) is 10.1. The van der Waals surface area contributed by atoms with Crippen molar-refractivity contribution in [2.45, 2.75) is 45.6 Å². The Morgan fingerprint density at radius 2 is 1.50 bits per heavy atom. The van der Waals surface area contributed by atoms with Crippen molar-refractivity contribution in [2.24, 2.45) is 0 Å². The van der Waals surface area contributed by atoms with Gasteiger partial charge in [0.25, 0.3) is 0 Å². The number of nitrogens with one attached hydrogen (secondary N) is 1. The van der Waals surface area contributed by atoms with Gasteiger partial charge in [0, 0.05) is 24.6 Å². The van der Waals surface area contributed by atoms with Gasteiger partial charge < -0.3 is 24.3 Å². The summed E-state index contributed by atoms with van der Waals surface area (Å²) in [6, 6.07) is 11.7. The fourth-order valence-corrected chi connectivity index (χ4v) is 2.99. The van der Waals surface area contributed by atoms with Crippen LogP contribution in [0.5, 0.6) is 23.0 Å². The van der Waals surface area contributed by atoms with Crippen LogP contribution in [0.3, 0.4) is 0 Å². The quantitative estimate of drug-likeness (QED) is 0.580. The van der Waals surface area contributed by atoms with E-state index in [9.17, 15) is 4.79 Å². The van der Waals surface area contributed by atoms with Crippen molar-refractivity contribution in [1.82, 2.24) is 5.32 Å². The topological polar surface area (TPSA) is 66.0 Å². The highest BCUT2D eigenvalue weighted by Crippen LogP contribution is 2.34. The first kappa shape index (κ1) is 23.4. The highest BCUT2D eigenvalue weighted by atomic mass is 16.5.